The van der Waals surface area contributed by atoms with Gasteiger partial charge in [-0.2, -0.15) is 0 Å². The normalized spacial score (nSPS) is 13.6. The van der Waals surface area contributed by atoms with Gasteiger partial charge < -0.3 is 0 Å². The van der Waals surface area contributed by atoms with Crippen LogP contribution in [0.15, 0.2) is 41.4 Å². The van der Waals surface area contributed by atoms with E-state index in [0.717, 1.165) is 11.3 Å². The van der Waals surface area contributed by atoms with E-state index < -0.39 is 0 Å². The number of nitrogens with zero attached hydrogens (tertiary/aromatic N) is 1. The van der Waals surface area contributed by atoms with Gasteiger partial charge in [0.15, 0.2) is 0 Å². The topological polar surface area (TPSA) is 12.9 Å². The summed E-state index contributed by atoms with van der Waals surface area (Å²) in [5.41, 5.74) is 4.15. The number of rotatable bonds is 3. The lowest BCUT2D eigenvalue weighted by atomic mass is 10.1. The molecular weight excluding hydrogens is 262 g/mol. The van der Waals surface area contributed by atoms with E-state index >= 15 is 0 Å². The zero-order chi connectivity index (χ0) is 12.4. The van der Waals surface area contributed by atoms with Gasteiger partial charge in [-0.25, -0.2) is 4.98 Å². The molecule has 92 valence electrons. The summed E-state index contributed by atoms with van der Waals surface area (Å²) in [6.45, 7) is 0. The third kappa shape index (κ3) is 2.55. The van der Waals surface area contributed by atoms with E-state index in [0.29, 0.717) is 5.15 Å². The maximum atomic E-state index is 6.06. The molecule has 0 fully saturated rings. The molecule has 0 amide bonds. The molecule has 0 N–H and O–H groups in total. The first-order valence-corrected chi connectivity index (χ1v) is 7.53. The quantitative estimate of drug-likeness (QED) is 0.604. The minimum Gasteiger partial charge on any atom is -0.244 e. The van der Waals surface area contributed by atoms with Crippen molar-refractivity contribution >= 4 is 23.4 Å². The van der Waals surface area contributed by atoms with Gasteiger partial charge in [0.05, 0.1) is 0 Å². The van der Waals surface area contributed by atoms with Crippen LogP contribution in [0.25, 0.3) is 0 Å². The van der Waals surface area contributed by atoms with Crippen molar-refractivity contribution in [1.29, 1.82) is 0 Å². The van der Waals surface area contributed by atoms with Crippen LogP contribution in [-0.2, 0) is 18.6 Å². The van der Waals surface area contributed by atoms with Crippen LogP contribution in [0.1, 0.15) is 23.1 Å². The van der Waals surface area contributed by atoms with E-state index in [2.05, 4.69) is 23.2 Å². The second kappa shape index (κ2) is 5.33. The van der Waals surface area contributed by atoms with Crippen molar-refractivity contribution in [3.63, 3.8) is 0 Å². The predicted octanol–water partition coefficient (Wildman–Crippen LogP) is 4.52. The zero-order valence-corrected chi connectivity index (χ0v) is 11.6. The van der Waals surface area contributed by atoms with Gasteiger partial charge in [-0.1, -0.05) is 23.7 Å². The van der Waals surface area contributed by atoms with Crippen molar-refractivity contribution in [2.45, 2.75) is 29.9 Å². The maximum absolute atomic E-state index is 6.06. The van der Waals surface area contributed by atoms with Crippen LogP contribution in [0.5, 0.6) is 0 Å². The molecule has 3 rings (SSSR count). The summed E-state index contributed by atoms with van der Waals surface area (Å²) >= 11 is 7.89. The average molecular weight is 276 g/mol. The standard InChI is InChI=1S/C15H14ClNS/c16-15-13(5-2-8-17-15)10-18-14-7-6-11-3-1-4-12(11)9-14/h2,5-9H,1,3-4,10H2. The van der Waals surface area contributed by atoms with E-state index in [1.165, 1.54) is 35.3 Å². The lowest BCUT2D eigenvalue weighted by molar-refractivity contribution is 0.911. The summed E-state index contributed by atoms with van der Waals surface area (Å²) in [7, 11) is 0. The molecule has 0 radical (unpaired) electrons. The summed E-state index contributed by atoms with van der Waals surface area (Å²) in [4.78, 5) is 5.43. The third-order valence-corrected chi connectivity index (χ3v) is 4.68. The van der Waals surface area contributed by atoms with Crippen molar-refractivity contribution in [3.8, 4) is 0 Å². The van der Waals surface area contributed by atoms with Crippen molar-refractivity contribution in [2.75, 3.05) is 0 Å². The molecule has 0 spiro atoms. The molecule has 2 aromatic rings. The first kappa shape index (κ1) is 12.1. The van der Waals surface area contributed by atoms with Gasteiger partial charge in [-0.05, 0) is 54.2 Å². The Balaban J connectivity index is 1.72. The molecule has 0 unspecified atom stereocenters. The van der Waals surface area contributed by atoms with Crippen molar-refractivity contribution in [1.82, 2.24) is 4.98 Å². The molecular formula is C15H14ClNS. The van der Waals surface area contributed by atoms with Gasteiger partial charge in [0, 0.05) is 16.8 Å². The Morgan fingerprint density at radius 2 is 2.06 bits per heavy atom. The van der Waals surface area contributed by atoms with Crippen molar-refractivity contribution in [2.24, 2.45) is 0 Å². The zero-order valence-electron chi connectivity index (χ0n) is 10.0. The van der Waals surface area contributed by atoms with Crippen LogP contribution in [0.2, 0.25) is 5.15 Å². The highest BCUT2D eigenvalue weighted by molar-refractivity contribution is 7.98. The van der Waals surface area contributed by atoms with Gasteiger partial charge in [-0.15, -0.1) is 11.8 Å². The molecule has 1 heterocycles. The van der Waals surface area contributed by atoms with Crippen molar-refractivity contribution < 1.29 is 0 Å². The summed E-state index contributed by atoms with van der Waals surface area (Å²) in [6.07, 6.45) is 5.51. The highest BCUT2D eigenvalue weighted by Crippen LogP contribution is 2.30. The molecule has 3 heteroatoms. The van der Waals surface area contributed by atoms with Crippen LogP contribution in [0.4, 0.5) is 0 Å². The molecule has 0 aliphatic heterocycles. The number of pyridine rings is 1. The van der Waals surface area contributed by atoms with Crippen LogP contribution in [-0.4, -0.2) is 4.98 Å². The monoisotopic (exact) mass is 275 g/mol. The smallest absolute Gasteiger partial charge is 0.133 e. The molecule has 0 atom stereocenters. The van der Waals surface area contributed by atoms with E-state index in [4.69, 9.17) is 11.6 Å². The summed E-state index contributed by atoms with van der Waals surface area (Å²) in [6, 6.07) is 10.8. The Morgan fingerprint density at radius 3 is 2.94 bits per heavy atom. The third-order valence-electron chi connectivity index (χ3n) is 3.30. The van der Waals surface area contributed by atoms with Gasteiger partial charge in [0.25, 0.3) is 0 Å². The Hall–Kier alpha value is -0.990. The minimum absolute atomic E-state index is 0.617. The van der Waals surface area contributed by atoms with E-state index in [1.54, 1.807) is 6.20 Å². The van der Waals surface area contributed by atoms with Crippen LogP contribution >= 0.6 is 23.4 Å². The molecule has 1 aromatic heterocycles. The highest BCUT2D eigenvalue weighted by atomic mass is 35.5. The van der Waals surface area contributed by atoms with Gasteiger partial charge in [0.1, 0.15) is 5.15 Å². The molecule has 0 bridgehead atoms. The Bertz CT molecular complexity index is 568. The first-order chi connectivity index (χ1) is 8.83. The Morgan fingerprint density at radius 1 is 1.17 bits per heavy atom. The molecule has 1 nitrogen and oxygen atoms in total. The van der Waals surface area contributed by atoms with Gasteiger partial charge in [-0.3, -0.25) is 0 Å². The van der Waals surface area contributed by atoms with Gasteiger partial charge >= 0.3 is 0 Å². The number of hydrogen-bond donors (Lipinski definition) is 0. The van der Waals surface area contributed by atoms with Crippen LogP contribution < -0.4 is 0 Å². The first-order valence-electron chi connectivity index (χ1n) is 6.17. The van der Waals surface area contributed by atoms with E-state index in [-0.39, 0.29) is 0 Å². The summed E-state index contributed by atoms with van der Waals surface area (Å²) in [5.74, 6) is 0.880. The molecule has 18 heavy (non-hydrogen) atoms. The molecule has 0 saturated carbocycles. The van der Waals surface area contributed by atoms with E-state index in [9.17, 15) is 0 Å². The lowest BCUT2D eigenvalue weighted by Gasteiger charge is -2.06. The molecule has 1 aliphatic rings. The van der Waals surface area contributed by atoms with Crippen LogP contribution in [0, 0.1) is 0 Å². The Kier molecular flexibility index (Phi) is 3.57. The number of benzene rings is 1. The number of fused-ring (bicyclic) bond motifs is 1. The summed E-state index contributed by atoms with van der Waals surface area (Å²) in [5, 5.41) is 0.617. The average Bonchev–Trinajstić information content (AvgIpc) is 2.85. The fourth-order valence-corrected chi connectivity index (χ4v) is 3.54. The van der Waals surface area contributed by atoms with E-state index in [1.807, 2.05) is 23.9 Å². The molecule has 0 saturated heterocycles. The lowest BCUT2D eigenvalue weighted by Crippen LogP contribution is -1.86. The number of halogens is 1. The maximum Gasteiger partial charge on any atom is 0.133 e. The minimum atomic E-state index is 0.617. The highest BCUT2D eigenvalue weighted by Gasteiger charge is 2.11. The second-order valence-electron chi connectivity index (χ2n) is 4.53. The number of aromatic nitrogens is 1. The second-order valence-corrected chi connectivity index (χ2v) is 5.93. The fraction of sp³-hybridized carbons (Fsp3) is 0.267. The SMILES string of the molecule is Clc1ncccc1CSc1ccc2c(c1)CCC2. The predicted molar refractivity (Wildman–Crippen MR) is 77.3 cm³/mol. The number of aryl methyl sites for hydroxylation is 2. The Labute approximate surface area is 117 Å². The number of thioether (sulfide) groups is 1. The largest absolute Gasteiger partial charge is 0.244 e. The fourth-order valence-electron chi connectivity index (χ4n) is 2.33. The number of hydrogen-bond acceptors (Lipinski definition) is 2. The van der Waals surface area contributed by atoms with Gasteiger partial charge in [0.2, 0.25) is 0 Å². The summed E-state index contributed by atoms with van der Waals surface area (Å²) < 4.78 is 0. The molecule has 1 aromatic carbocycles. The van der Waals surface area contributed by atoms with Crippen LogP contribution in [0.3, 0.4) is 0 Å². The van der Waals surface area contributed by atoms with Crippen molar-refractivity contribution in [3.05, 3.63) is 58.4 Å². The molecule has 1 aliphatic carbocycles.